The maximum Gasteiger partial charge on any atom is 0.189 e. The molecule has 0 spiro atoms. The van der Waals surface area contributed by atoms with E-state index >= 15 is 0 Å². The van der Waals surface area contributed by atoms with E-state index in [-0.39, 0.29) is 5.43 Å². The van der Waals surface area contributed by atoms with Crippen molar-refractivity contribution >= 4 is 16.6 Å². The number of para-hydroxylation sites is 1. The summed E-state index contributed by atoms with van der Waals surface area (Å²) in [5.41, 5.74) is 2.19. The van der Waals surface area contributed by atoms with Gasteiger partial charge in [0.05, 0.1) is 11.2 Å². The van der Waals surface area contributed by atoms with E-state index in [1.165, 1.54) is 0 Å². The fraction of sp³-hybridized carbons (Fsp3) is 0.182. The van der Waals surface area contributed by atoms with Crippen LogP contribution in [0.3, 0.4) is 0 Å². The van der Waals surface area contributed by atoms with Crippen molar-refractivity contribution in [3.05, 3.63) is 40.7 Å². The molecule has 3 rings (SSSR count). The van der Waals surface area contributed by atoms with Gasteiger partial charge in [-0.05, 0) is 12.1 Å². The number of nitrogens with one attached hydrogen (secondary N) is 1. The number of nitrogens with zero attached hydrogens (tertiary/aromatic N) is 1. The van der Waals surface area contributed by atoms with Gasteiger partial charge in [-0.25, -0.2) is 0 Å². The van der Waals surface area contributed by atoms with Crippen LogP contribution in [0.2, 0.25) is 0 Å². The molecule has 2 heterocycles. The molecule has 0 saturated carbocycles. The Balaban J connectivity index is 2.57. The van der Waals surface area contributed by atoms with Crippen molar-refractivity contribution in [2.45, 2.75) is 6.54 Å². The van der Waals surface area contributed by atoms with E-state index in [0.717, 1.165) is 29.7 Å². The third-order valence-corrected chi connectivity index (χ3v) is 2.66. The molecule has 1 aromatic heterocycles. The van der Waals surface area contributed by atoms with Crippen molar-refractivity contribution in [3.8, 4) is 0 Å². The molecule has 1 aliphatic rings. The van der Waals surface area contributed by atoms with Crippen LogP contribution >= 0.6 is 0 Å². The SMILES string of the molecule is O=c1ccn2c3c(cccc13)NCC2. The molecular formula is C11H10N2O. The minimum Gasteiger partial charge on any atom is -0.382 e. The van der Waals surface area contributed by atoms with E-state index in [1.54, 1.807) is 6.07 Å². The molecule has 1 aliphatic heterocycles. The highest BCUT2D eigenvalue weighted by Crippen LogP contribution is 2.23. The molecule has 0 fully saturated rings. The number of hydrogen-bond acceptors (Lipinski definition) is 2. The minimum absolute atomic E-state index is 0.0989. The molecule has 0 saturated heterocycles. The molecule has 1 aromatic carbocycles. The molecule has 0 bridgehead atoms. The highest BCUT2D eigenvalue weighted by molar-refractivity contribution is 5.91. The van der Waals surface area contributed by atoms with Crippen LogP contribution in [0.4, 0.5) is 5.69 Å². The number of pyridine rings is 1. The summed E-state index contributed by atoms with van der Waals surface area (Å²) < 4.78 is 2.13. The molecule has 14 heavy (non-hydrogen) atoms. The molecule has 70 valence electrons. The van der Waals surface area contributed by atoms with Crippen LogP contribution < -0.4 is 10.7 Å². The predicted molar refractivity (Wildman–Crippen MR) is 56.7 cm³/mol. The molecule has 0 amide bonds. The Morgan fingerprint density at radius 3 is 3.14 bits per heavy atom. The summed E-state index contributed by atoms with van der Waals surface area (Å²) in [5, 5.41) is 4.10. The van der Waals surface area contributed by atoms with E-state index in [0.29, 0.717) is 0 Å². The maximum absolute atomic E-state index is 11.6. The Labute approximate surface area is 81.0 Å². The number of hydrogen-bond donors (Lipinski definition) is 1. The Morgan fingerprint density at radius 2 is 2.21 bits per heavy atom. The quantitative estimate of drug-likeness (QED) is 0.675. The molecule has 0 unspecified atom stereocenters. The summed E-state index contributed by atoms with van der Waals surface area (Å²) in [5.74, 6) is 0. The minimum atomic E-state index is 0.0989. The van der Waals surface area contributed by atoms with Gasteiger partial charge in [0.25, 0.3) is 0 Å². The Morgan fingerprint density at radius 1 is 1.29 bits per heavy atom. The van der Waals surface area contributed by atoms with Gasteiger partial charge in [-0.2, -0.15) is 0 Å². The molecule has 3 nitrogen and oxygen atoms in total. The van der Waals surface area contributed by atoms with Crippen molar-refractivity contribution in [1.29, 1.82) is 0 Å². The summed E-state index contributed by atoms with van der Waals surface area (Å²) in [6.07, 6.45) is 1.87. The lowest BCUT2D eigenvalue weighted by Crippen LogP contribution is -2.20. The van der Waals surface area contributed by atoms with E-state index in [1.807, 2.05) is 24.4 Å². The van der Waals surface area contributed by atoms with Gasteiger partial charge in [0.2, 0.25) is 0 Å². The van der Waals surface area contributed by atoms with E-state index in [4.69, 9.17) is 0 Å². The van der Waals surface area contributed by atoms with Crippen molar-refractivity contribution in [2.24, 2.45) is 0 Å². The van der Waals surface area contributed by atoms with E-state index in [9.17, 15) is 4.79 Å². The van der Waals surface area contributed by atoms with Crippen molar-refractivity contribution in [3.63, 3.8) is 0 Å². The number of rotatable bonds is 0. The average molecular weight is 186 g/mol. The summed E-state index contributed by atoms with van der Waals surface area (Å²) >= 11 is 0. The monoisotopic (exact) mass is 186 g/mol. The van der Waals surface area contributed by atoms with Gasteiger partial charge in [0.15, 0.2) is 5.43 Å². The van der Waals surface area contributed by atoms with Crippen LogP contribution in [0.5, 0.6) is 0 Å². The first-order valence-electron chi connectivity index (χ1n) is 4.72. The summed E-state index contributed by atoms with van der Waals surface area (Å²) in [6.45, 7) is 1.85. The van der Waals surface area contributed by atoms with E-state index < -0.39 is 0 Å². The van der Waals surface area contributed by atoms with Crippen molar-refractivity contribution in [2.75, 3.05) is 11.9 Å². The highest BCUT2D eigenvalue weighted by Gasteiger charge is 2.10. The largest absolute Gasteiger partial charge is 0.382 e. The first-order chi connectivity index (χ1) is 6.86. The second kappa shape index (κ2) is 2.61. The zero-order valence-corrected chi connectivity index (χ0v) is 7.66. The lowest BCUT2D eigenvalue weighted by molar-refractivity contribution is 0.733. The molecule has 0 atom stereocenters. The fourth-order valence-corrected chi connectivity index (χ4v) is 2.01. The molecule has 1 N–H and O–H groups in total. The van der Waals surface area contributed by atoms with Crippen LogP contribution in [0, 0.1) is 0 Å². The van der Waals surface area contributed by atoms with Gasteiger partial charge in [-0.1, -0.05) is 6.07 Å². The van der Waals surface area contributed by atoms with Gasteiger partial charge in [0, 0.05) is 30.7 Å². The van der Waals surface area contributed by atoms with Crippen molar-refractivity contribution < 1.29 is 0 Å². The van der Waals surface area contributed by atoms with Crippen LogP contribution in [-0.2, 0) is 6.54 Å². The summed E-state index contributed by atoms with van der Waals surface area (Å²) in [7, 11) is 0. The first-order valence-corrected chi connectivity index (χ1v) is 4.72. The standard InChI is InChI=1S/C11H10N2O/c14-10-4-6-13-7-5-12-9-3-1-2-8(10)11(9)13/h1-4,6,12H,5,7H2. The topological polar surface area (TPSA) is 34.0 Å². The van der Waals surface area contributed by atoms with Gasteiger partial charge in [-0.15, -0.1) is 0 Å². The first kappa shape index (κ1) is 7.62. The number of aromatic nitrogens is 1. The summed E-state index contributed by atoms with van der Waals surface area (Å²) in [4.78, 5) is 11.6. The average Bonchev–Trinajstić information content (AvgIpc) is 2.24. The molecule has 2 aromatic rings. The maximum atomic E-state index is 11.6. The highest BCUT2D eigenvalue weighted by atomic mass is 16.1. The predicted octanol–water partition coefficient (Wildman–Crippen LogP) is 1.43. The van der Waals surface area contributed by atoms with Crippen LogP contribution in [0.15, 0.2) is 35.3 Å². The van der Waals surface area contributed by atoms with Crippen LogP contribution in [0.25, 0.3) is 10.9 Å². The smallest absolute Gasteiger partial charge is 0.189 e. The molecule has 0 radical (unpaired) electrons. The normalized spacial score (nSPS) is 14.0. The van der Waals surface area contributed by atoms with Crippen LogP contribution in [-0.4, -0.2) is 11.1 Å². The Kier molecular flexibility index (Phi) is 1.42. The zero-order chi connectivity index (χ0) is 9.54. The number of benzene rings is 1. The van der Waals surface area contributed by atoms with Gasteiger partial charge >= 0.3 is 0 Å². The van der Waals surface area contributed by atoms with Crippen molar-refractivity contribution in [1.82, 2.24) is 4.57 Å². The third kappa shape index (κ3) is 0.894. The second-order valence-corrected chi connectivity index (χ2v) is 3.50. The van der Waals surface area contributed by atoms with Crippen LogP contribution in [0.1, 0.15) is 0 Å². The Hall–Kier alpha value is -1.77. The molecule has 0 aliphatic carbocycles. The second-order valence-electron chi connectivity index (χ2n) is 3.50. The van der Waals surface area contributed by atoms with E-state index in [2.05, 4.69) is 9.88 Å². The summed E-state index contributed by atoms with van der Waals surface area (Å²) in [6, 6.07) is 7.45. The Bertz CT molecular complexity index is 546. The zero-order valence-electron chi connectivity index (χ0n) is 7.66. The fourth-order valence-electron chi connectivity index (χ4n) is 2.01. The number of anilines is 1. The van der Waals surface area contributed by atoms with Gasteiger partial charge < -0.3 is 9.88 Å². The third-order valence-electron chi connectivity index (χ3n) is 2.66. The lowest BCUT2D eigenvalue weighted by Gasteiger charge is -2.20. The molecule has 3 heteroatoms. The van der Waals surface area contributed by atoms with Gasteiger partial charge in [-0.3, -0.25) is 4.79 Å². The molecular weight excluding hydrogens is 176 g/mol. The van der Waals surface area contributed by atoms with Gasteiger partial charge in [0.1, 0.15) is 0 Å². The lowest BCUT2D eigenvalue weighted by atomic mass is 10.1.